The first-order valence-corrected chi connectivity index (χ1v) is 35.2. The Morgan fingerprint density at radius 1 is 0.410 bits per heavy atom. The third kappa shape index (κ3) is 62.7. The SMILES string of the molecule is C.CCCCC(CCC)Nc1ccc(-c2ccc(C)[nH]2)[nH]1.CCCCC(CCC)Nc1ccc(Nc2ccccc2)cc1.CCCCCCCC.CCCCCCCC.Nc1ccccc1.[B]C.[B]C.[B]C.[B]C.[Cl][Fe]([Cl])[Cl].c1cc[nH]c1. The zero-order valence-corrected chi connectivity index (χ0v) is 57.2. The number of H-pyrrole nitrogens is 3. The van der Waals surface area contributed by atoms with Crippen molar-refractivity contribution < 1.29 is 11.2 Å². The van der Waals surface area contributed by atoms with Crippen LogP contribution in [-0.2, 0) is 11.2 Å². The summed E-state index contributed by atoms with van der Waals surface area (Å²) < 4.78 is 0. The molecule has 0 fully saturated rings. The molecule has 0 amide bonds. The Morgan fingerprint density at radius 3 is 1.11 bits per heavy atom. The van der Waals surface area contributed by atoms with E-state index < -0.39 is 11.2 Å². The van der Waals surface area contributed by atoms with Gasteiger partial charge in [0, 0.05) is 52.9 Å². The minimum absolute atomic E-state index is 0. The smallest absolute Gasteiger partial charge is 0.000496 e. The van der Waals surface area contributed by atoms with Gasteiger partial charge in [-0.15, -0.1) is 0 Å². The van der Waals surface area contributed by atoms with Crippen molar-refractivity contribution in [2.75, 3.05) is 21.7 Å². The van der Waals surface area contributed by atoms with E-state index in [9.17, 15) is 0 Å². The van der Waals surface area contributed by atoms with Crippen molar-refractivity contribution in [1.29, 1.82) is 0 Å². The molecule has 0 saturated carbocycles. The Kier molecular flexibility index (Phi) is 81.2. The van der Waals surface area contributed by atoms with Crippen LogP contribution in [0, 0.1) is 6.92 Å². The topological polar surface area (TPSA) is 109 Å². The van der Waals surface area contributed by atoms with Crippen LogP contribution < -0.4 is 21.7 Å². The van der Waals surface area contributed by atoms with E-state index in [1.807, 2.05) is 73.1 Å². The standard InChI is InChI=1S/C20H28N2.C17H27N3.2C8H18.C6H7N.C4H5N.4CH3B.CH4.3ClH.Fe/c1-3-5-10-17(9-4-2)21-19-13-15-20(16-14-19)22-18-11-7-6-8-12-18;1-4-6-8-14(7-5-2)19-17-12-11-16(20-17)15-10-9-13(3)18-15;2*1-3-5-7-8-6-4-2;7-6-4-2-1-3-5-6;1-2-4-5-3-1;4*1-2;;;;;/h6-8,11-17,21-22H,3-5,9-10H2,1-2H3;9-12,14,18-20H,4-8H2,1-3H3;2*3-8H2,1-2H3;1-5H,7H2;1-5H;4*1H3;1H4;3*1H;/q;;;;;;;;;;;;;;+3/p-3. The molecule has 2 atom stereocenters. The van der Waals surface area contributed by atoms with Crippen LogP contribution in [0.1, 0.15) is 210 Å². The molecule has 15 heteroatoms. The normalized spacial score (nSPS) is 10.0. The van der Waals surface area contributed by atoms with E-state index in [0.717, 1.165) is 34.3 Å². The first-order valence-electron chi connectivity index (χ1n) is 30.7. The van der Waals surface area contributed by atoms with Crippen molar-refractivity contribution in [3.8, 4) is 11.4 Å². The number of nitrogen functional groups attached to an aromatic ring is 1. The number of unbranched alkanes of at least 4 members (excludes halogenated alkanes) is 12. The molecule has 3 aromatic heterocycles. The molecule has 0 bridgehead atoms. The van der Waals surface area contributed by atoms with E-state index in [2.05, 4.69) is 185 Å². The molecular formula is C68H119B4Cl3FeN7. The summed E-state index contributed by atoms with van der Waals surface area (Å²) in [5.41, 5.74) is 13.1. The summed E-state index contributed by atoms with van der Waals surface area (Å²) in [5.74, 6) is 1.13. The number of benzene rings is 3. The summed E-state index contributed by atoms with van der Waals surface area (Å²) in [6.07, 6.45) is 33.3. The third-order valence-electron chi connectivity index (χ3n) is 11.8. The van der Waals surface area contributed by atoms with Gasteiger partial charge in [-0.05, 0) is 118 Å². The number of aryl methyl sites for hydroxylation is 1. The van der Waals surface area contributed by atoms with Gasteiger partial charge >= 0.3 is 41.5 Å². The number of para-hydroxylation sites is 2. The quantitative estimate of drug-likeness (QED) is 0.0158. The maximum atomic E-state index is 5.36. The largest absolute Gasteiger partial charge is 0.368 e. The van der Waals surface area contributed by atoms with Gasteiger partial charge in [0.2, 0.25) is 0 Å². The van der Waals surface area contributed by atoms with Crippen LogP contribution in [0.25, 0.3) is 11.4 Å². The van der Waals surface area contributed by atoms with Gasteiger partial charge in [0.05, 0.1) is 42.8 Å². The molecule has 8 radical (unpaired) electrons. The van der Waals surface area contributed by atoms with Crippen molar-refractivity contribution in [2.24, 2.45) is 0 Å². The summed E-state index contributed by atoms with van der Waals surface area (Å²) in [4.78, 5) is 9.69. The van der Waals surface area contributed by atoms with Crippen LogP contribution in [0.4, 0.5) is 28.6 Å². The molecule has 6 aromatic rings. The number of anilines is 5. The maximum absolute atomic E-state index is 5.36. The molecule has 3 aromatic carbocycles. The molecule has 0 aliphatic carbocycles. The zero-order valence-electron chi connectivity index (χ0n) is 53.8. The Hall–Kier alpha value is -3.65. The number of hydrogen-bond acceptors (Lipinski definition) is 4. The minimum Gasteiger partial charge on any atom is -0.368 e. The first kappa shape index (κ1) is 90.5. The number of aromatic amines is 3. The van der Waals surface area contributed by atoms with Gasteiger partial charge in [0.1, 0.15) is 5.82 Å². The zero-order chi connectivity index (χ0) is 62.7. The van der Waals surface area contributed by atoms with E-state index in [-0.39, 0.29) is 7.43 Å². The second-order valence-corrected chi connectivity index (χ2v) is 24.2. The molecule has 83 heavy (non-hydrogen) atoms. The molecule has 0 aliphatic heterocycles. The van der Waals surface area contributed by atoms with Crippen molar-refractivity contribution in [2.45, 2.75) is 250 Å². The summed E-state index contributed by atoms with van der Waals surface area (Å²) >= 11 is -1.33. The molecule has 3 heterocycles. The molecule has 0 aliphatic rings. The van der Waals surface area contributed by atoms with E-state index in [1.54, 1.807) is 0 Å². The Bertz CT molecular complexity index is 1970. The molecule has 7 nitrogen and oxygen atoms in total. The molecule has 0 saturated heterocycles. The van der Waals surface area contributed by atoms with Gasteiger partial charge in [0.15, 0.2) is 0 Å². The van der Waals surface area contributed by atoms with Crippen LogP contribution in [0.5, 0.6) is 0 Å². The summed E-state index contributed by atoms with van der Waals surface area (Å²) in [7, 11) is 32.7. The fourth-order valence-electron chi connectivity index (χ4n) is 7.70. The molecule has 6 rings (SSSR count). The Labute approximate surface area is 535 Å². The number of halogens is 3. The number of nitrogens with one attached hydrogen (secondary N) is 6. The minimum atomic E-state index is -1.33. The number of rotatable bonds is 27. The average molecular weight is 1240 g/mol. The summed E-state index contributed by atoms with van der Waals surface area (Å²) in [5, 5.41) is 10.7. The van der Waals surface area contributed by atoms with Crippen molar-refractivity contribution in [1.82, 2.24) is 15.0 Å². The molecule has 8 N–H and O–H groups in total. The van der Waals surface area contributed by atoms with E-state index in [4.69, 9.17) is 36.0 Å². The summed E-state index contributed by atoms with van der Waals surface area (Å²) in [6.45, 7) is 26.1. The Balaban J connectivity index is -0.000000220. The fraction of sp³-hybridized carbons (Fsp3) is 0.559. The summed E-state index contributed by atoms with van der Waals surface area (Å²) in [6, 6.07) is 41.9. The number of nitrogens with two attached hydrogens (primary N) is 1. The van der Waals surface area contributed by atoms with Gasteiger partial charge in [-0.25, -0.2) is 0 Å². The van der Waals surface area contributed by atoms with Gasteiger partial charge in [-0.2, -0.15) is 0 Å². The fourth-order valence-corrected chi connectivity index (χ4v) is 7.70. The molecular weight excluding hydrogens is 1120 g/mol. The van der Waals surface area contributed by atoms with Gasteiger partial charge in [-0.3, -0.25) is 0 Å². The van der Waals surface area contributed by atoms with Crippen molar-refractivity contribution in [3.05, 3.63) is 139 Å². The van der Waals surface area contributed by atoms with Crippen LogP contribution in [0.3, 0.4) is 0 Å². The second-order valence-electron chi connectivity index (χ2n) is 18.7. The Morgan fingerprint density at radius 2 is 0.771 bits per heavy atom. The maximum Gasteiger partial charge on any atom is 0.000496 e. The van der Waals surface area contributed by atoms with Crippen molar-refractivity contribution >= 4 is 90.2 Å². The molecule has 0 spiro atoms. The van der Waals surface area contributed by atoms with Crippen molar-refractivity contribution in [3.63, 3.8) is 0 Å². The van der Waals surface area contributed by atoms with E-state index >= 15 is 0 Å². The number of hydrogen-bond donors (Lipinski definition) is 7. The third-order valence-corrected chi connectivity index (χ3v) is 11.8. The second kappa shape index (κ2) is 74.4. The number of aromatic nitrogens is 3. The van der Waals surface area contributed by atoms with Gasteiger partial charge in [-0.1, -0.05) is 242 Å². The predicted octanol–water partition coefficient (Wildman–Crippen LogP) is 23.8. The predicted molar refractivity (Wildman–Crippen MR) is 386 cm³/mol. The van der Waals surface area contributed by atoms with Crippen LogP contribution in [0.15, 0.2) is 134 Å². The van der Waals surface area contributed by atoms with Gasteiger partial charge in [0.25, 0.3) is 0 Å². The molecule has 467 valence electrons. The average Bonchev–Trinajstić information content (AvgIpc) is 4.38. The van der Waals surface area contributed by atoms with Crippen LogP contribution in [-0.4, -0.2) is 58.4 Å². The van der Waals surface area contributed by atoms with Crippen LogP contribution >= 0.6 is 30.3 Å². The monoisotopic (exact) mass is 1240 g/mol. The first-order chi connectivity index (χ1) is 40.0. The van der Waals surface area contributed by atoms with Gasteiger partial charge < -0.3 is 36.6 Å². The molecule has 2 unspecified atom stereocenters. The van der Waals surface area contributed by atoms with E-state index in [1.165, 1.54) is 180 Å². The van der Waals surface area contributed by atoms with Crippen LogP contribution in [0.2, 0.25) is 27.3 Å². The van der Waals surface area contributed by atoms with E-state index in [0.29, 0.717) is 12.1 Å².